The van der Waals surface area contributed by atoms with Crippen LogP contribution in [0.5, 0.6) is 0 Å². The van der Waals surface area contributed by atoms with Crippen LogP contribution in [0, 0.1) is 5.82 Å². The van der Waals surface area contributed by atoms with Crippen molar-refractivity contribution in [3.8, 4) is 0 Å². The van der Waals surface area contributed by atoms with Gasteiger partial charge in [-0.05, 0) is 36.2 Å². The summed E-state index contributed by atoms with van der Waals surface area (Å²) in [7, 11) is 1.85. The number of hydrogen-bond acceptors (Lipinski definition) is 3. The van der Waals surface area contributed by atoms with Crippen molar-refractivity contribution in [1.82, 2.24) is 5.32 Å². The Morgan fingerprint density at radius 1 is 1.38 bits per heavy atom. The Labute approximate surface area is 103 Å². The lowest BCUT2D eigenvalue weighted by molar-refractivity contribution is 0.598. The van der Waals surface area contributed by atoms with Crippen molar-refractivity contribution in [2.75, 3.05) is 7.05 Å². The molecule has 0 aliphatic heterocycles. The van der Waals surface area contributed by atoms with E-state index in [1.165, 1.54) is 11.8 Å². The van der Waals surface area contributed by atoms with Crippen LogP contribution in [0.1, 0.15) is 5.56 Å². The van der Waals surface area contributed by atoms with E-state index < -0.39 is 0 Å². The van der Waals surface area contributed by atoms with Crippen molar-refractivity contribution in [3.05, 3.63) is 47.1 Å². The molecular formula is C12H12FNS2. The molecule has 0 spiro atoms. The zero-order valence-corrected chi connectivity index (χ0v) is 10.5. The first-order valence-electron chi connectivity index (χ1n) is 4.94. The number of hydrogen-bond donors (Lipinski definition) is 1. The van der Waals surface area contributed by atoms with Gasteiger partial charge in [0.2, 0.25) is 0 Å². The Morgan fingerprint density at radius 2 is 2.25 bits per heavy atom. The van der Waals surface area contributed by atoms with E-state index in [4.69, 9.17) is 0 Å². The summed E-state index contributed by atoms with van der Waals surface area (Å²) in [5, 5.41) is 5.00. The van der Waals surface area contributed by atoms with E-state index in [0.29, 0.717) is 11.4 Å². The second kappa shape index (κ2) is 5.48. The quantitative estimate of drug-likeness (QED) is 0.890. The first-order valence-corrected chi connectivity index (χ1v) is 6.63. The summed E-state index contributed by atoms with van der Waals surface area (Å²) in [6.07, 6.45) is 0. The van der Waals surface area contributed by atoms with Gasteiger partial charge in [0.25, 0.3) is 0 Å². The molecule has 1 aromatic heterocycles. The SMILES string of the molecule is CNCc1ccc(Sc2cccs2)c(F)c1. The lowest BCUT2D eigenvalue weighted by Gasteiger charge is -2.04. The normalized spacial score (nSPS) is 10.6. The van der Waals surface area contributed by atoms with Gasteiger partial charge < -0.3 is 5.32 Å². The van der Waals surface area contributed by atoms with E-state index in [1.807, 2.05) is 36.7 Å². The van der Waals surface area contributed by atoms with Crippen molar-refractivity contribution in [2.24, 2.45) is 0 Å². The Morgan fingerprint density at radius 3 is 2.88 bits per heavy atom. The summed E-state index contributed by atoms with van der Waals surface area (Å²) in [5.74, 6) is -0.147. The molecule has 0 bridgehead atoms. The minimum atomic E-state index is -0.147. The summed E-state index contributed by atoms with van der Waals surface area (Å²) < 4.78 is 14.8. The van der Waals surface area contributed by atoms with E-state index in [9.17, 15) is 4.39 Å². The molecule has 0 saturated heterocycles. The fourth-order valence-corrected chi connectivity index (χ4v) is 3.10. The maximum Gasteiger partial charge on any atom is 0.137 e. The van der Waals surface area contributed by atoms with Crippen molar-refractivity contribution in [2.45, 2.75) is 15.6 Å². The zero-order valence-electron chi connectivity index (χ0n) is 8.87. The summed E-state index contributed by atoms with van der Waals surface area (Å²) in [6.45, 7) is 0.695. The molecule has 0 unspecified atom stereocenters. The van der Waals surface area contributed by atoms with Crippen molar-refractivity contribution >= 4 is 23.1 Å². The summed E-state index contributed by atoms with van der Waals surface area (Å²) in [5.41, 5.74) is 0.968. The number of benzene rings is 1. The van der Waals surface area contributed by atoms with Gasteiger partial charge >= 0.3 is 0 Å². The molecule has 0 atom stereocenters. The molecule has 4 heteroatoms. The van der Waals surface area contributed by atoms with Gasteiger partial charge in [0, 0.05) is 11.4 Å². The van der Waals surface area contributed by atoms with Gasteiger partial charge in [-0.1, -0.05) is 23.9 Å². The van der Waals surface area contributed by atoms with Crippen LogP contribution in [-0.4, -0.2) is 7.05 Å². The third kappa shape index (κ3) is 2.84. The van der Waals surface area contributed by atoms with E-state index in [-0.39, 0.29) is 5.82 Å². The molecule has 0 aliphatic carbocycles. The monoisotopic (exact) mass is 253 g/mol. The van der Waals surface area contributed by atoms with Crippen LogP contribution >= 0.6 is 23.1 Å². The lowest BCUT2D eigenvalue weighted by atomic mass is 10.2. The second-order valence-electron chi connectivity index (χ2n) is 3.33. The highest BCUT2D eigenvalue weighted by Gasteiger charge is 2.05. The molecule has 2 rings (SSSR count). The summed E-state index contributed by atoms with van der Waals surface area (Å²) >= 11 is 3.10. The number of nitrogens with one attached hydrogen (secondary N) is 1. The topological polar surface area (TPSA) is 12.0 Å². The third-order valence-electron chi connectivity index (χ3n) is 2.08. The molecule has 1 N–H and O–H groups in total. The fourth-order valence-electron chi connectivity index (χ4n) is 1.37. The summed E-state index contributed by atoms with van der Waals surface area (Å²) in [4.78, 5) is 0.683. The Balaban J connectivity index is 2.16. The Bertz CT molecular complexity index is 454. The van der Waals surface area contributed by atoms with E-state index >= 15 is 0 Å². The standard InChI is InChI=1S/C12H12FNS2/c1-14-8-9-4-5-11(10(13)7-9)16-12-3-2-6-15-12/h2-7,14H,8H2,1H3. The highest BCUT2D eigenvalue weighted by molar-refractivity contribution is 8.01. The molecule has 2 aromatic rings. The number of thiophene rings is 1. The predicted molar refractivity (Wildman–Crippen MR) is 67.6 cm³/mol. The van der Waals surface area contributed by atoms with E-state index in [2.05, 4.69) is 5.32 Å². The van der Waals surface area contributed by atoms with Gasteiger partial charge in [0.05, 0.1) is 4.21 Å². The van der Waals surface area contributed by atoms with Crippen LogP contribution in [-0.2, 0) is 6.54 Å². The van der Waals surface area contributed by atoms with Gasteiger partial charge in [-0.3, -0.25) is 0 Å². The third-order valence-corrected chi connectivity index (χ3v) is 4.17. The largest absolute Gasteiger partial charge is 0.316 e. The zero-order chi connectivity index (χ0) is 11.4. The minimum Gasteiger partial charge on any atom is -0.316 e. The van der Waals surface area contributed by atoms with Gasteiger partial charge in [0.1, 0.15) is 5.82 Å². The first kappa shape index (κ1) is 11.6. The van der Waals surface area contributed by atoms with Crippen LogP contribution in [0.3, 0.4) is 0 Å². The van der Waals surface area contributed by atoms with Crippen molar-refractivity contribution in [3.63, 3.8) is 0 Å². The molecule has 0 radical (unpaired) electrons. The molecule has 1 aromatic carbocycles. The van der Waals surface area contributed by atoms with E-state index in [0.717, 1.165) is 9.77 Å². The first-order chi connectivity index (χ1) is 7.79. The van der Waals surface area contributed by atoms with Crippen LogP contribution in [0.15, 0.2) is 44.8 Å². The molecular weight excluding hydrogens is 241 g/mol. The highest BCUT2D eigenvalue weighted by atomic mass is 32.2. The molecule has 0 amide bonds. The van der Waals surface area contributed by atoms with Crippen LogP contribution in [0.2, 0.25) is 0 Å². The number of halogens is 1. The molecule has 16 heavy (non-hydrogen) atoms. The Kier molecular flexibility index (Phi) is 3.98. The maximum atomic E-state index is 13.7. The smallest absolute Gasteiger partial charge is 0.137 e. The molecule has 1 heterocycles. The van der Waals surface area contributed by atoms with Gasteiger partial charge in [-0.15, -0.1) is 11.3 Å². The lowest BCUT2D eigenvalue weighted by Crippen LogP contribution is -2.05. The molecule has 0 aliphatic rings. The second-order valence-corrected chi connectivity index (χ2v) is 5.62. The summed E-state index contributed by atoms with van der Waals surface area (Å²) in [6, 6.07) is 9.35. The molecule has 84 valence electrons. The van der Waals surface area contributed by atoms with Crippen molar-refractivity contribution < 1.29 is 4.39 Å². The minimum absolute atomic E-state index is 0.147. The predicted octanol–water partition coefficient (Wildman–Crippen LogP) is 3.76. The molecule has 0 saturated carbocycles. The van der Waals surface area contributed by atoms with E-state index in [1.54, 1.807) is 17.4 Å². The molecule has 1 nitrogen and oxygen atoms in total. The van der Waals surface area contributed by atoms with Crippen molar-refractivity contribution in [1.29, 1.82) is 0 Å². The van der Waals surface area contributed by atoms with Crippen LogP contribution in [0.4, 0.5) is 4.39 Å². The van der Waals surface area contributed by atoms with Gasteiger partial charge in [0.15, 0.2) is 0 Å². The van der Waals surface area contributed by atoms with Crippen LogP contribution < -0.4 is 5.32 Å². The van der Waals surface area contributed by atoms with Crippen LogP contribution in [0.25, 0.3) is 0 Å². The van der Waals surface area contributed by atoms with Gasteiger partial charge in [-0.2, -0.15) is 0 Å². The average molecular weight is 253 g/mol. The Hall–Kier alpha value is -0.840. The molecule has 0 fully saturated rings. The average Bonchev–Trinajstić information content (AvgIpc) is 2.75. The highest BCUT2D eigenvalue weighted by Crippen LogP contribution is 2.33. The fraction of sp³-hybridized carbons (Fsp3) is 0.167. The van der Waals surface area contributed by atoms with Gasteiger partial charge in [-0.25, -0.2) is 4.39 Å². The maximum absolute atomic E-state index is 13.7. The number of rotatable bonds is 4.